The highest BCUT2D eigenvalue weighted by Gasteiger charge is 2.27. The second-order valence-corrected chi connectivity index (χ2v) is 7.02. The first-order chi connectivity index (χ1) is 12.9. The van der Waals surface area contributed by atoms with E-state index in [1.165, 1.54) is 29.2 Å². The number of rotatable bonds is 5. The van der Waals surface area contributed by atoms with Gasteiger partial charge in [-0.1, -0.05) is 12.1 Å². The molecule has 2 aromatic carbocycles. The van der Waals surface area contributed by atoms with E-state index < -0.39 is 6.10 Å². The van der Waals surface area contributed by atoms with E-state index in [0.29, 0.717) is 16.6 Å². The Labute approximate surface area is 154 Å². The van der Waals surface area contributed by atoms with Crippen molar-refractivity contribution in [3.63, 3.8) is 0 Å². The summed E-state index contributed by atoms with van der Waals surface area (Å²) < 4.78 is 14.7. The van der Waals surface area contributed by atoms with Gasteiger partial charge in [-0.3, -0.25) is 9.36 Å². The molecule has 1 aliphatic carbocycles. The lowest BCUT2D eigenvalue weighted by atomic mass is 10.1. The molecule has 1 amide bonds. The van der Waals surface area contributed by atoms with Gasteiger partial charge in [0.1, 0.15) is 5.82 Å². The maximum atomic E-state index is 13.0. The molecular formula is C20H20FN3O3. The fraction of sp³-hybridized carbons (Fsp3) is 0.300. The average molecular weight is 369 g/mol. The summed E-state index contributed by atoms with van der Waals surface area (Å²) in [5.41, 5.74) is 2.26. The van der Waals surface area contributed by atoms with Gasteiger partial charge in [0.25, 0.3) is 5.91 Å². The molecular weight excluding hydrogens is 349 g/mol. The van der Waals surface area contributed by atoms with Gasteiger partial charge in [0.05, 0.1) is 23.7 Å². The monoisotopic (exact) mass is 369 g/mol. The molecule has 6 nitrogen and oxygen atoms in total. The van der Waals surface area contributed by atoms with Crippen molar-refractivity contribution in [3.8, 4) is 0 Å². The van der Waals surface area contributed by atoms with Crippen LogP contribution in [0.25, 0.3) is 11.0 Å². The molecule has 1 atom stereocenters. The van der Waals surface area contributed by atoms with E-state index in [0.717, 1.165) is 18.4 Å². The molecule has 1 fully saturated rings. The zero-order chi connectivity index (χ0) is 19.1. The largest absolute Gasteiger partial charge is 0.387 e. The lowest BCUT2D eigenvalue weighted by molar-refractivity contribution is 0.0681. The number of nitrogens with one attached hydrogen (secondary N) is 1. The first-order valence-corrected chi connectivity index (χ1v) is 8.87. The third-order valence-corrected chi connectivity index (χ3v) is 4.92. The van der Waals surface area contributed by atoms with Crippen molar-refractivity contribution in [2.45, 2.75) is 25.0 Å². The van der Waals surface area contributed by atoms with Gasteiger partial charge < -0.3 is 15.0 Å². The number of aliphatic hydroxyl groups is 1. The van der Waals surface area contributed by atoms with Gasteiger partial charge in [-0.15, -0.1) is 0 Å². The van der Waals surface area contributed by atoms with Gasteiger partial charge in [-0.05, 0) is 48.7 Å². The van der Waals surface area contributed by atoms with Crippen molar-refractivity contribution < 1.29 is 14.3 Å². The summed E-state index contributed by atoms with van der Waals surface area (Å²) >= 11 is 0. The van der Waals surface area contributed by atoms with E-state index in [4.69, 9.17) is 0 Å². The molecule has 7 heteroatoms. The molecule has 0 spiro atoms. The van der Waals surface area contributed by atoms with Gasteiger partial charge in [-0.25, -0.2) is 9.18 Å². The van der Waals surface area contributed by atoms with Gasteiger partial charge in [-0.2, -0.15) is 0 Å². The predicted molar refractivity (Wildman–Crippen MR) is 99.2 cm³/mol. The molecule has 1 saturated carbocycles. The summed E-state index contributed by atoms with van der Waals surface area (Å²) in [5.74, 6) is -0.633. The molecule has 1 aromatic heterocycles. The molecule has 0 aliphatic heterocycles. The number of carbonyl (C=O) groups excluding carboxylic acids is 1. The predicted octanol–water partition coefficient (Wildman–Crippen LogP) is 2.61. The average Bonchev–Trinajstić information content (AvgIpc) is 3.42. The third kappa shape index (κ3) is 3.38. The first-order valence-electron chi connectivity index (χ1n) is 8.87. The standard InChI is InChI=1S/C20H20FN3O3/c1-23(11-18(25)12-2-5-14(21)6-3-12)19(26)13-4-9-16-17(10-13)24(15-7-8-15)20(27)22-16/h2-6,9-10,15,18,25H,7-8,11H2,1H3,(H,22,27). The Hall–Kier alpha value is -2.93. The number of aromatic amines is 1. The van der Waals surface area contributed by atoms with Crippen LogP contribution in [0.4, 0.5) is 4.39 Å². The fourth-order valence-electron chi connectivity index (χ4n) is 3.30. The topological polar surface area (TPSA) is 78.3 Å². The highest BCUT2D eigenvalue weighted by molar-refractivity contribution is 5.97. The highest BCUT2D eigenvalue weighted by atomic mass is 19.1. The van der Waals surface area contributed by atoms with Gasteiger partial charge in [0.2, 0.25) is 0 Å². The number of nitrogens with zero attached hydrogens (tertiary/aromatic N) is 2. The minimum Gasteiger partial charge on any atom is -0.387 e. The van der Waals surface area contributed by atoms with Crippen LogP contribution in [0, 0.1) is 5.82 Å². The smallest absolute Gasteiger partial charge is 0.326 e. The van der Waals surface area contributed by atoms with Crippen LogP contribution in [0.2, 0.25) is 0 Å². The first kappa shape index (κ1) is 17.5. The van der Waals surface area contributed by atoms with Crippen molar-refractivity contribution in [2.24, 2.45) is 0 Å². The molecule has 1 heterocycles. The Balaban J connectivity index is 1.55. The van der Waals surface area contributed by atoms with Crippen LogP contribution < -0.4 is 5.69 Å². The SMILES string of the molecule is CN(CC(O)c1ccc(F)cc1)C(=O)c1ccc2[nH]c(=O)n(C3CC3)c2c1. The molecule has 0 radical (unpaired) electrons. The van der Waals surface area contributed by atoms with Crippen LogP contribution >= 0.6 is 0 Å². The number of hydrogen-bond acceptors (Lipinski definition) is 3. The number of halogens is 1. The van der Waals surface area contributed by atoms with Crippen molar-refractivity contribution in [1.29, 1.82) is 0 Å². The second kappa shape index (κ2) is 6.66. The lowest BCUT2D eigenvalue weighted by Gasteiger charge is -2.21. The van der Waals surface area contributed by atoms with Crippen LogP contribution in [-0.4, -0.2) is 39.1 Å². The Morgan fingerprint density at radius 2 is 2.00 bits per heavy atom. The Kier molecular flexibility index (Phi) is 4.31. The Morgan fingerprint density at radius 1 is 1.30 bits per heavy atom. The van der Waals surface area contributed by atoms with Crippen LogP contribution in [0.3, 0.4) is 0 Å². The molecule has 1 aliphatic rings. The number of fused-ring (bicyclic) bond motifs is 1. The van der Waals surface area contributed by atoms with Gasteiger partial charge >= 0.3 is 5.69 Å². The summed E-state index contributed by atoms with van der Waals surface area (Å²) in [6, 6.07) is 10.9. The Bertz CT molecular complexity index is 1050. The van der Waals surface area contributed by atoms with Crippen LogP contribution in [-0.2, 0) is 0 Å². The molecule has 27 heavy (non-hydrogen) atoms. The van der Waals surface area contributed by atoms with E-state index in [-0.39, 0.29) is 30.0 Å². The normalized spacial score (nSPS) is 15.1. The number of likely N-dealkylation sites (N-methyl/N-ethyl adjacent to an activating group) is 1. The second-order valence-electron chi connectivity index (χ2n) is 7.02. The number of aromatic nitrogens is 2. The highest BCUT2D eigenvalue weighted by Crippen LogP contribution is 2.35. The molecule has 0 saturated heterocycles. The van der Waals surface area contributed by atoms with E-state index in [1.807, 2.05) is 0 Å². The summed E-state index contributed by atoms with van der Waals surface area (Å²) in [6.45, 7) is 0.0745. The summed E-state index contributed by atoms with van der Waals surface area (Å²) in [4.78, 5) is 29.1. The van der Waals surface area contributed by atoms with E-state index in [1.54, 1.807) is 29.8 Å². The Morgan fingerprint density at radius 3 is 2.67 bits per heavy atom. The van der Waals surface area contributed by atoms with Crippen LogP contribution in [0.5, 0.6) is 0 Å². The number of amides is 1. The number of imidazole rings is 1. The zero-order valence-corrected chi connectivity index (χ0v) is 14.9. The van der Waals surface area contributed by atoms with Crippen molar-refractivity contribution in [3.05, 3.63) is 69.9 Å². The number of benzene rings is 2. The third-order valence-electron chi connectivity index (χ3n) is 4.92. The van der Waals surface area contributed by atoms with Crippen LogP contribution in [0.1, 0.15) is 40.9 Å². The number of carbonyl (C=O) groups is 1. The maximum absolute atomic E-state index is 13.0. The minimum absolute atomic E-state index is 0.0745. The summed E-state index contributed by atoms with van der Waals surface area (Å²) in [5, 5.41) is 10.3. The maximum Gasteiger partial charge on any atom is 0.326 e. The van der Waals surface area contributed by atoms with Crippen molar-refractivity contribution >= 4 is 16.9 Å². The summed E-state index contributed by atoms with van der Waals surface area (Å²) in [7, 11) is 1.60. The quantitative estimate of drug-likeness (QED) is 0.726. The van der Waals surface area contributed by atoms with E-state index in [9.17, 15) is 19.1 Å². The van der Waals surface area contributed by atoms with Gasteiger partial charge in [0, 0.05) is 18.7 Å². The molecule has 140 valence electrons. The zero-order valence-electron chi connectivity index (χ0n) is 14.9. The number of H-pyrrole nitrogens is 1. The minimum atomic E-state index is -0.916. The molecule has 4 rings (SSSR count). The number of aliphatic hydroxyl groups excluding tert-OH is 1. The van der Waals surface area contributed by atoms with Crippen molar-refractivity contribution in [1.82, 2.24) is 14.5 Å². The molecule has 3 aromatic rings. The van der Waals surface area contributed by atoms with Gasteiger partial charge in [0.15, 0.2) is 0 Å². The molecule has 1 unspecified atom stereocenters. The van der Waals surface area contributed by atoms with E-state index in [2.05, 4.69) is 4.98 Å². The summed E-state index contributed by atoms with van der Waals surface area (Å²) in [6.07, 6.45) is 1.02. The molecule has 2 N–H and O–H groups in total. The lowest BCUT2D eigenvalue weighted by Crippen LogP contribution is -2.31. The van der Waals surface area contributed by atoms with Crippen LogP contribution in [0.15, 0.2) is 47.3 Å². The number of hydrogen-bond donors (Lipinski definition) is 2. The fourth-order valence-corrected chi connectivity index (χ4v) is 3.30. The van der Waals surface area contributed by atoms with Crippen molar-refractivity contribution in [2.75, 3.05) is 13.6 Å². The van der Waals surface area contributed by atoms with E-state index >= 15 is 0 Å². The molecule has 0 bridgehead atoms.